The molecule has 1 aliphatic heterocycles. The second-order valence-corrected chi connectivity index (χ2v) is 8.97. The predicted octanol–water partition coefficient (Wildman–Crippen LogP) is 0.997. The Morgan fingerprint density at radius 1 is 1.44 bits per heavy atom. The number of aryl methyl sites for hydroxylation is 1. The highest BCUT2D eigenvalue weighted by Gasteiger charge is 2.30. The van der Waals surface area contributed by atoms with Crippen LogP contribution in [0.5, 0.6) is 0 Å². The number of rotatable bonds is 6. The van der Waals surface area contributed by atoms with Crippen molar-refractivity contribution < 1.29 is 13.2 Å². The molecule has 8 heteroatoms. The Kier molecular flexibility index (Phi) is 5.10. The molecular weight excluding hydrogens is 340 g/mol. The molecule has 0 unspecified atom stereocenters. The summed E-state index contributed by atoms with van der Waals surface area (Å²) in [6.07, 6.45) is 1.02. The van der Waals surface area contributed by atoms with E-state index in [9.17, 15) is 13.2 Å². The molecule has 0 bridgehead atoms. The van der Waals surface area contributed by atoms with Crippen LogP contribution in [0.3, 0.4) is 0 Å². The number of carbonyl (C=O) groups is 1. The molecule has 1 aromatic carbocycles. The molecule has 1 atom stereocenters. The monoisotopic (exact) mass is 364 g/mol. The minimum absolute atomic E-state index is 0.0313. The average Bonchev–Trinajstić information content (AvgIpc) is 3.11. The Morgan fingerprint density at radius 3 is 2.96 bits per heavy atom. The van der Waals surface area contributed by atoms with Gasteiger partial charge in [-0.25, -0.2) is 13.4 Å². The number of H-pyrrole nitrogens is 1. The van der Waals surface area contributed by atoms with E-state index in [4.69, 9.17) is 0 Å². The predicted molar refractivity (Wildman–Crippen MR) is 97.0 cm³/mol. The maximum absolute atomic E-state index is 12.1. The Morgan fingerprint density at radius 2 is 2.24 bits per heavy atom. The van der Waals surface area contributed by atoms with E-state index in [1.165, 1.54) is 0 Å². The van der Waals surface area contributed by atoms with E-state index in [1.54, 1.807) is 0 Å². The van der Waals surface area contributed by atoms with Crippen LogP contribution < -0.4 is 5.32 Å². The molecule has 2 aromatic rings. The third-order valence-corrected chi connectivity index (χ3v) is 6.43. The maximum Gasteiger partial charge on any atom is 0.221 e. The van der Waals surface area contributed by atoms with Crippen LogP contribution in [0.15, 0.2) is 18.2 Å². The van der Waals surface area contributed by atoms with Crippen molar-refractivity contribution in [3.63, 3.8) is 0 Å². The number of aromatic amines is 1. The normalized spacial score (nSPS) is 19.6. The molecule has 2 heterocycles. The lowest BCUT2D eigenvalue weighted by Gasteiger charge is -2.22. The average molecular weight is 364 g/mol. The van der Waals surface area contributed by atoms with Crippen molar-refractivity contribution in [2.75, 3.05) is 25.1 Å². The molecule has 0 radical (unpaired) electrons. The fraction of sp³-hybridized carbons (Fsp3) is 0.529. The van der Waals surface area contributed by atoms with Gasteiger partial charge in [0.15, 0.2) is 9.84 Å². The molecular formula is C17H24N4O3S. The van der Waals surface area contributed by atoms with E-state index in [-0.39, 0.29) is 23.5 Å². The summed E-state index contributed by atoms with van der Waals surface area (Å²) in [4.78, 5) is 21.6. The van der Waals surface area contributed by atoms with Crippen molar-refractivity contribution in [3.05, 3.63) is 29.6 Å². The fourth-order valence-corrected chi connectivity index (χ4v) is 4.97. The topological polar surface area (TPSA) is 95.2 Å². The van der Waals surface area contributed by atoms with Crippen molar-refractivity contribution in [1.82, 2.24) is 20.2 Å². The molecule has 1 aromatic heterocycles. The van der Waals surface area contributed by atoms with Crippen LogP contribution in [0, 0.1) is 6.92 Å². The Labute approximate surface area is 147 Å². The SMILES string of the molecule is Cc1nc2ccc(CNC(=O)CCN(C)[C@@H]3CCS(=O)(=O)C3)cc2[nH]1. The van der Waals surface area contributed by atoms with E-state index in [1.807, 2.05) is 37.1 Å². The molecule has 0 aliphatic carbocycles. The molecule has 1 fully saturated rings. The van der Waals surface area contributed by atoms with Gasteiger partial charge in [-0.3, -0.25) is 4.79 Å². The fourth-order valence-electron chi connectivity index (χ4n) is 3.17. The molecule has 7 nitrogen and oxygen atoms in total. The van der Waals surface area contributed by atoms with Crippen LogP contribution in [0.25, 0.3) is 11.0 Å². The number of hydrogen-bond donors (Lipinski definition) is 2. The number of sulfone groups is 1. The van der Waals surface area contributed by atoms with Crippen molar-refractivity contribution in [1.29, 1.82) is 0 Å². The number of amides is 1. The third kappa shape index (κ3) is 4.58. The zero-order valence-corrected chi connectivity index (χ0v) is 15.4. The van der Waals surface area contributed by atoms with E-state index >= 15 is 0 Å². The van der Waals surface area contributed by atoms with Crippen molar-refractivity contribution in [2.45, 2.75) is 32.4 Å². The second kappa shape index (κ2) is 7.13. The maximum atomic E-state index is 12.1. The Balaban J connectivity index is 1.45. The number of hydrogen-bond acceptors (Lipinski definition) is 5. The van der Waals surface area contributed by atoms with E-state index in [0.717, 1.165) is 22.4 Å². The largest absolute Gasteiger partial charge is 0.352 e. The van der Waals surface area contributed by atoms with E-state index in [0.29, 0.717) is 25.9 Å². The first kappa shape index (κ1) is 17.9. The van der Waals surface area contributed by atoms with Crippen LogP contribution in [0.4, 0.5) is 0 Å². The van der Waals surface area contributed by atoms with E-state index < -0.39 is 9.84 Å². The number of carbonyl (C=O) groups excluding carboxylic acids is 1. The van der Waals surface area contributed by atoms with Gasteiger partial charge in [-0.2, -0.15) is 0 Å². The molecule has 1 aliphatic rings. The highest BCUT2D eigenvalue weighted by atomic mass is 32.2. The lowest BCUT2D eigenvalue weighted by atomic mass is 10.2. The summed E-state index contributed by atoms with van der Waals surface area (Å²) in [7, 11) is -1.01. The second-order valence-electron chi connectivity index (χ2n) is 6.74. The number of nitrogens with one attached hydrogen (secondary N) is 2. The summed E-state index contributed by atoms with van der Waals surface area (Å²) >= 11 is 0. The van der Waals surface area contributed by atoms with Crippen LogP contribution >= 0.6 is 0 Å². The Hall–Kier alpha value is -1.93. The van der Waals surface area contributed by atoms with E-state index in [2.05, 4.69) is 15.3 Å². The van der Waals surface area contributed by atoms with Crippen molar-refractivity contribution >= 4 is 26.8 Å². The van der Waals surface area contributed by atoms with Crippen LogP contribution in [0.1, 0.15) is 24.2 Å². The number of imidazole rings is 1. The summed E-state index contributed by atoms with van der Waals surface area (Å²) < 4.78 is 23.0. The smallest absolute Gasteiger partial charge is 0.221 e. The molecule has 1 saturated heterocycles. The molecule has 1 amide bonds. The molecule has 136 valence electrons. The third-order valence-electron chi connectivity index (χ3n) is 4.68. The van der Waals surface area contributed by atoms with Gasteiger partial charge in [-0.1, -0.05) is 6.07 Å². The van der Waals surface area contributed by atoms with Gasteiger partial charge in [-0.15, -0.1) is 0 Å². The minimum atomic E-state index is -2.89. The summed E-state index contributed by atoms with van der Waals surface area (Å²) in [6, 6.07) is 5.92. The highest BCUT2D eigenvalue weighted by molar-refractivity contribution is 7.91. The number of benzene rings is 1. The summed E-state index contributed by atoms with van der Waals surface area (Å²) in [6.45, 7) is 2.94. The van der Waals surface area contributed by atoms with Crippen LogP contribution in [-0.4, -0.2) is 60.3 Å². The van der Waals surface area contributed by atoms with Crippen molar-refractivity contribution in [3.8, 4) is 0 Å². The van der Waals surface area contributed by atoms with Gasteiger partial charge in [0.05, 0.1) is 22.5 Å². The highest BCUT2D eigenvalue weighted by Crippen LogP contribution is 2.16. The molecule has 3 rings (SSSR count). The van der Waals surface area contributed by atoms with Gasteiger partial charge >= 0.3 is 0 Å². The summed E-state index contributed by atoms with van der Waals surface area (Å²) in [5.41, 5.74) is 2.90. The van der Waals surface area contributed by atoms with Crippen molar-refractivity contribution in [2.24, 2.45) is 0 Å². The summed E-state index contributed by atoms with van der Waals surface area (Å²) in [5, 5.41) is 2.91. The molecule has 25 heavy (non-hydrogen) atoms. The lowest BCUT2D eigenvalue weighted by Crippen LogP contribution is -2.36. The zero-order valence-electron chi connectivity index (χ0n) is 14.6. The quantitative estimate of drug-likeness (QED) is 0.797. The minimum Gasteiger partial charge on any atom is -0.352 e. The van der Waals surface area contributed by atoms with Gasteiger partial charge in [-0.05, 0) is 38.1 Å². The molecule has 2 N–H and O–H groups in total. The number of fused-ring (bicyclic) bond motifs is 1. The molecule has 0 saturated carbocycles. The Bertz CT molecular complexity index is 875. The lowest BCUT2D eigenvalue weighted by molar-refractivity contribution is -0.121. The first-order valence-electron chi connectivity index (χ1n) is 8.45. The standard InChI is InChI=1S/C17H24N4O3S/c1-12-19-15-4-3-13(9-16(15)20-12)10-18-17(22)5-7-21(2)14-6-8-25(23,24)11-14/h3-4,9,14H,5-8,10-11H2,1-2H3,(H,18,22)(H,19,20)/t14-/m1/s1. The molecule has 0 spiro atoms. The van der Waals surface area contributed by atoms with Gasteiger partial charge in [0.2, 0.25) is 5.91 Å². The zero-order chi connectivity index (χ0) is 18.0. The number of nitrogens with zero attached hydrogens (tertiary/aromatic N) is 2. The van der Waals surface area contributed by atoms with Gasteiger partial charge in [0.1, 0.15) is 5.82 Å². The first-order valence-corrected chi connectivity index (χ1v) is 10.3. The first-order chi connectivity index (χ1) is 11.8. The summed E-state index contributed by atoms with van der Waals surface area (Å²) in [5.74, 6) is 1.29. The van der Waals surface area contributed by atoms with Gasteiger partial charge in [0.25, 0.3) is 0 Å². The number of aromatic nitrogens is 2. The van der Waals surface area contributed by atoms with Crippen LogP contribution in [0.2, 0.25) is 0 Å². The van der Waals surface area contributed by atoms with Crippen LogP contribution in [-0.2, 0) is 21.2 Å². The van der Waals surface area contributed by atoms with Gasteiger partial charge < -0.3 is 15.2 Å². The van der Waals surface area contributed by atoms with Gasteiger partial charge in [0, 0.05) is 25.6 Å².